The van der Waals surface area contributed by atoms with Crippen molar-refractivity contribution in [1.82, 2.24) is 9.88 Å². The summed E-state index contributed by atoms with van der Waals surface area (Å²) in [5.74, 6) is 0.665. The van der Waals surface area contributed by atoms with Gasteiger partial charge in [0.2, 0.25) is 11.8 Å². The van der Waals surface area contributed by atoms with E-state index in [1.807, 2.05) is 43.9 Å². The first-order valence-electron chi connectivity index (χ1n) is 8.52. The second-order valence-electron chi connectivity index (χ2n) is 7.01. The van der Waals surface area contributed by atoms with E-state index in [1.165, 1.54) is 0 Å². The van der Waals surface area contributed by atoms with Crippen LogP contribution in [0.5, 0.6) is 5.88 Å². The number of pyridine rings is 1. The van der Waals surface area contributed by atoms with Crippen LogP contribution in [0.25, 0.3) is 0 Å². The van der Waals surface area contributed by atoms with Gasteiger partial charge in [-0.1, -0.05) is 6.07 Å². The maximum Gasteiger partial charge on any atom is 0.223 e. The van der Waals surface area contributed by atoms with Crippen LogP contribution in [0.4, 0.5) is 0 Å². The summed E-state index contributed by atoms with van der Waals surface area (Å²) in [4.78, 5) is 18.8. The minimum Gasteiger partial charge on any atom is -0.472 e. The number of aliphatic hydroxyl groups excluding tert-OH is 1. The van der Waals surface area contributed by atoms with Gasteiger partial charge in [0.15, 0.2) is 0 Å². The van der Waals surface area contributed by atoms with Gasteiger partial charge in [-0.15, -0.1) is 0 Å². The van der Waals surface area contributed by atoms with Crippen molar-refractivity contribution >= 4 is 5.91 Å². The fourth-order valence-electron chi connectivity index (χ4n) is 2.72. The van der Waals surface area contributed by atoms with E-state index in [-0.39, 0.29) is 24.2 Å². The fourth-order valence-corrected chi connectivity index (χ4v) is 2.72. The van der Waals surface area contributed by atoms with Crippen LogP contribution in [-0.4, -0.2) is 58.9 Å². The average molecular weight is 336 g/mol. The predicted molar refractivity (Wildman–Crippen MR) is 91.0 cm³/mol. The molecule has 0 spiro atoms. The SMILES string of the molecule is CC(C)(C)Oc1cccc(CCC(=O)N2CCOCC2CCO)n1. The summed E-state index contributed by atoms with van der Waals surface area (Å²) in [5, 5.41) is 9.13. The van der Waals surface area contributed by atoms with Gasteiger partial charge < -0.3 is 19.5 Å². The molecule has 0 radical (unpaired) electrons. The minimum atomic E-state index is -0.299. The molecule has 0 saturated carbocycles. The molecule has 2 heterocycles. The zero-order valence-electron chi connectivity index (χ0n) is 14.8. The first kappa shape index (κ1) is 18.7. The number of ether oxygens (including phenoxy) is 2. The number of hydrogen-bond acceptors (Lipinski definition) is 5. The van der Waals surface area contributed by atoms with Crippen LogP contribution in [0.15, 0.2) is 18.2 Å². The Balaban J connectivity index is 1.92. The summed E-state index contributed by atoms with van der Waals surface area (Å²) in [6.07, 6.45) is 1.52. The van der Waals surface area contributed by atoms with Crippen LogP contribution in [-0.2, 0) is 16.0 Å². The summed E-state index contributed by atoms with van der Waals surface area (Å²) in [5.41, 5.74) is 0.546. The van der Waals surface area contributed by atoms with Gasteiger partial charge in [0, 0.05) is 31.3 Å². The number of aliphatic hydroxyl groups is 1. The molecule has 6 nitrogen and oxygen atoms in total. The average Bonchev–Trinajstić information content (AvgIpc) is 2.52. The van der Waals surface area contributed by atoms with E-state index in [0.29, 0.717) is 44.9 Å². The molecular weight excluding hydrogens is 308 g/mol. The van der Waals surface area contributed by atoms with E-state index in [1.54, 1.807) is 0 Å². The second kappa shape index (κ2) is 8.44. The zero-order valence-corrected chi connectivity index (χ0v) is 14.8. The van der Waals surface area contributed by atoms with Crippen molar-refractivity contribution in [2.75, 3.05) is 26.4 Å². The number of amides is 1. The molecule has 1 atom stereocenters. The molecule has 0 aromatic carbocycles. The smallest absolute Gasteiger partial charge is 0.223 e. The van der Waals surface area contributed by atoms with Crippen molar-refractivity contribution in [1.29, 1.82) is 0 Å². The number of rotatable bonds is 6. The quantitative estimate of drug-likeness (QED) is 0.858. The number of aromatic nitrogens is 1. The van der Waals surface area contributed by atoms with Gasteiger partial charge in [-0.3, -0.25) is 4.79 Å². The third-order valence-corrected chi connectivity index (χ3v) is 3.80. The Morgan fingerprint density at radius 3 is 2.96 bits per heavy atom. The molecule has 1 N–H and O–H groups in total. The molecule has 6 heteroatoms. The fraction of sp³-hybridized carbons (Fsp3) is 0.667. The van der Waals surface area contributed by atoms with E-state index in [9.17, 15) is 4.79 Å². The van der Waals surface area contributed by atoms with Gasteiger partial charge in [-0.05, 0) is 39.7 Å². The third-order valence-electron chi connectivity index (χ3n) is 3.80. The minimum absolute atomic E-state index is 0.0280. The highest BCUT2D eigenvalue weighted by Gasteiger charge is 2.26. The summed E-state index contributed by atoms with van der Waals surface area (Å²) < 4.78 is 11.2. The normalized spacial score (nSPS) is 18.5. The molecule has 1 fully saturated rings. The number of nitrogens with zero attached hydrogens (tertiary/aromatic N) is 2. The lowest BCUT2D eigenvalue weighted by molar-refractivity contribution is -0.140. The largest absolute Gasteiger partial charge is 0.472 e. The first-order valence-corrected chi connectivity index (χ1v) is 8.52. The van der Waals surface area contributed by atoms with E-state index in [0.717, 1.165) is 5.69 Å². The van der Waals surface area contributed by atoms with Crippen LogP contribution in [0.1, 0.15) is 39.3 Å². The molecule has 2 rings (SSSR count). The number of morpholine rings is 1. The van der Waals surface area contributed by atoms with E-state index >= 15 is 0 Å². The van der Waals surface area contributed by atoms with Crippen LogP contribution < -0.4 is 4.74 Å². The van der Waals surface area contributed by atoms with Crippen molar-refractivity contribution in [2.24, 2.45) is 0 Å². The molecule has 134 valence electrons. The number of aryl methyl sites for hydroxylation is 1. The molecular formula is C18H28N2O4. The highest BCUT2D eigenvalue weighted by molar-refractivity contribution is 5.76. The van der Waals surface area contributed by atoms with Crippen molar-refractivity contribution in [2.45, 2.75) is 51.7 Å². The first-order chi connectivity index (χ1) is 11.4. The summed E-state index contributed by atoms with van der Waals surface area (Å²) in [6, 6.07) is 5.61. The van der Waals surface area contributed by atoms with Gasteiger partial charge >= 0.3 is 0 Å². The maximum atomic E-state index is 12.5. The summed E-state index contributed by atoms with van der Waals surface area (Å²) >= 11 is 0. The van der Waals surface area contributed by atoms with Gasteiger partial charge in [-0.2, -0.15) is 0 Å². The molecule has 1 aliphatic rings. The Morgan fingerprint density at radius 2 is 2.25 bits per heavy atom. The Bertz CT molecular complexity index is 540. The highest BCUT2D eigenvalue weighted by Crippen LogP contribution is 2.17. The molecule has 1 amide bonds. The summed E-state index contributed by atoms with van der Waals surface area (Å²) in [6.45, 7) is 7.63. The van der Waals surface area contributed by atoms with Gasteiger partial charge in [0.1, 0.15) is 5.60 Å². The maximum absolute atomic E-state index is 12.5. The Kier molecular flexibility index (Phi) is 6.57. The van der Waals surface area contributed by atoms with Crippen LogP contribution in [0.2, 0.25) is 0 Å². The van der Waals surface area contributed by atoms with Gasteiger partial charge in [0.05, 0.1) is 19.3 Å². The van der Waals surface area contributed by atoms with E-state index < -0.39 is 0 Å². The lowest BCUT2D eigenvalue weighted by Crippen LogP contribution is -2.49. The highest BCUT2D eigenvalue weighted by atomic mass is 16.5. The van der Waals surface area contributed by atoms with Crippen molar-refractivity contribution < 1.29 is 19.4 Å². The summed E-state index contributed by atoms with van der Waals surface area (Å²) in [7, 11) is 0. The zero-order chi connectivity index (χ0) is 17.6. The number of carbonyl (C=O) groups excluding carboxylic acids is 1. The van der Waals surface area contributed by atoms with E-state index in [4.69, 9.17) is 14.6 Å². The lowest BCUT2D eigenvalue weighted by atomic mass is 10.1. The van der Waals surface area contributed by atoms with Crippen molar-refractivity contribution in [3.63, 3.8) is 0 Å². The molecule has 0 aliphatic carbocycles. The monoisotopic (exact) mass is 336 g/mol. The second-order valence-corrected chi connectivity index (χ2v) is 7.01. The van der Waals surface area contributed by atoms with Crippen molar-refractivity contribution in [3.05, 3.63) is 23.9 Å². The molecule has 0 bridgehead atoms. The van der Waals surface area contributed by atoms with Gasteiger partial charge in [-0.25, -0.2) is 4.98 Å². The van der Waals surface area contributed by atoms with Gasteiger partial charge in [0.25, 0.3) is 0 Å². The van der Waals surface area contributed by atoms with Crippen LogP contribution in [0, 0.1) is 0 Å². The number of carbonyl (C=O) groups is 1. The Labute approximate surface area is 143 Å². The van der Waals surface area contributed by atoms with Crippen molar-refractivity contribution in [3.8, 4) is 5.88 Å². The predicted octanol–water partition coefficient (Wildman–Crippen LogP) is 1.80. The molecule has 24 heavy (non-hydrogen) atoms. The lowest BCUT2D eigenvalue weighted by Gasteiger charge is -2.35. The van der Waals surface area contributed by atoms with Crippen LogP contribution in [0.3, 0.4) is 0 Å². The molecule has 1 aromatic heterocycles. The Hall–Kier alpha value is -1.66. The van der Waals surface area contributed by atoms with Crippen LogP contribution >= 0.6 is 0 Å². The molecule has 1 unspecified atom stereocenters. The number of hydrogen-bond donors (Lipinski definition) is 1. The third kappa shape index (κ3) is 5.76. The molecule has 1 aliphatic heterocycles. The molecule has 1 saturated heterocycles. The molecule has 1 aromatic rings. The topological polar surface area (TPSA) is 71.9 Å². The Morgan fingerprint density at radius 1 is 1.46 bits per heavy atom. The standard InChI is InChI=1S/C18H28N2O4/c1-18(2,3)24-16-6-4-5-14(19-16)7-8-17(22)20-10-12-23-13-15(20)9-11-21/h4-6,15,21H,7-13H2,1-3H3. The van der Waals surface area contributed by atoms with E-state index in [2.05, 4.69) is 4.98 Å².